The first-order chi connectivity index (χ1) is 12.8. The van der Waals surface area contributed by atoms with Crippen LogP contribution < -0.4 is 0 Å². The van der Waals surface area contributed by atoms with Crippen molar-refractivity contribution in [2.75, 3.05) is 26.2 Å². The predicted molar refractivity (Wildman–Crippen MR) is 98.9 cm³/mol. The van der Waals surface area contributed by atoms with Gasteiger partial charge in [-0.3, -0.25) is 14.9 Å². The van der Waals surface area contributed by atoms with Crippen LogP contribution in [0.1, 0.15) is 15.9 Å². The van der Waals surface area contributed by atoms with Crippen molar-refractivity contribution in [2.24, 2.45) is 0 Å². The lowest BCUT2D eigenvalue weighted by molar-refractivity contribution is -0.385. The number of hydrogen-bond acceptors (Lipinski definition) is 5. The third-order valence-corrected chi connectivity index (χ3v) is 6.43. The van der Waals surface area contributed by atoms with Gasteiger partial charge >= 0.3 is 0 Å². The van der Waals surface area contributed by atoms with E-state index in [1.54, 1.807) is 30.3 Å². The summed E-state index contributed by atoms with van der Waals surface area (Å²) < 4.78 is 26.8. The maximum atomic E-state index is 12.7. The molecule has 0 spiro atoms. The Morgan fingerprint density at radius 2 is 1.59 bits per heavy atom. The molecule has 1 fully saturated rings. The third-order valence-electron chi connectivity index (χ3n) is 4.52. The fourth-order valence-corrected chi connectivity index (χ4v) is 4.40. The van der Waals surface area contributed by atoms with E-state index in [2.05, 4.69) is 0 Å². The molecule has 27 heavy (non-hydrogen) atoms. The van der Waals surface area contributed by atoms with E-state index < -0.39 is 20.9 Å². The number of amides is 1. The lowest BCUT2D eigenvalue weighted by Gasteiger charge is -2.34. The average Bonchev–Trinajstić information content (AvgIpc) is 2.68. The minimum absolute atomic E-state index is 0.0114. The highest BCUT2D eigenvalue weighted by atomic mass is 32.2. The second-order valence-corrected chi connectivity index (χ2v) is 8.22. The van der Waals surface area contributed by atoms with Gasteiger partial charge in [0.15, 0.2) is 0 Å². The first kappa shape index (κ1) is 19.0. The van der Waals surface area contributed by atoms with Crippen LogP contribution in [-0.2, 0) is 10.0 Å². The van der Waals surface area contributed by atoms with Gasteiger partial charge in [-0.15, -0.1) is 0 Å². The number of nitro groups is 1. The molecule has 142 valence electrons. The number of carbonyl (C=O) groups excluding carboxylic acids is 1. The predicted octanol–water partition coefficient (Wildman–Crippen LogP) is 2.05. The third kappa shape index (κ3) is 3.83. The van der Waals surface area contributed by atoms with Gasteiger partial charge in [-0.1, -0.05) is 29.8 Å². The van der Waals surface area contributed by atoms with Crippen LogP contribution in [0.5, 0.6) is 0 Å². The zero-order valence-corrected chi connectivity index (χ0v) is 15.6. The van der Waals surface area contributed by atoms with Crippen LogP contribution in [0.4, 0.5) is 5.69 Å². The van der Waals surface area contributed by atoms with Crippen molar-refractivity contribution in [3.05, 3.63) is 69.8 Å². The average molecular weight is 389 g/mol. The minimum atomic E-state index is -3.63. The maximum Gasteiger partial charge on any atom is 0.282 e. The van der Waals surface area contributed by atoms with Gasteiger partial charge < -0.3 is 4.90 Å². The summed E-state index contributed by atoms with van der Waals surface area (Å²) >= 11 is 0. The Hall–Kier alpha value is -2.78. The number of nitrogens with zero attached hydrogens (tertiary/aromatic N) is 3. The summed E-state index contributed by atoms with van der Waals surface area (Å²) in [4.78, 5) is 24.8. The maximum absolute atomic E-state index is 12.7. The quantitative estimate of drug-likeness (QED) is 0.588. The number of piperazine rings is 1. The highest BCUT2D eigenvalue weighted by Gasteiger charge is 2.32. The number of aryl methyl sites for hydroxylation is 1. The molecule has 0 aliphatic carbocycles. The number of carbonyl (C=O) groups is 1. The molecule has 0 bridgehead atoms. The van der Waals surface area contributed by atoms with E-state index in [9.17, 15) is 23.3 Å². The summed E-state index contributed by atoms with van der Waals surface area (Å²) in [6.45, 7) is 2.51. The zero-order chi connectivity index (χ0) is 19.6. The van der Waals surface area contributed by atoms with Gasteiger partial charge in [0.25, 0.3) is 11.6 Å². The Kier molecular flexibility index (Phi) is 5.24. The number of para-hydroxylation sites is 1. The van der Waals surface area contributed by atoms with E-state index in [4.69, 9.17) is 0 Å². The summed E-state index contributed by atoms with van der Waals surface area (Å²) in [5.74, 6) is -0.463. The van der Waals surface area contributed by atoms with Gasteiger partial charge in [0.05, 0.1) is 9.82 Å². The number of benzene rings is 2. The second kappa shape index (κ2) is 7.45. The molecule has 1 saturated heterocycles. The summed E-state index contributed by atoms with van der Waals surface area (Å²) in [5, 5.41) is 11.1. The summed E-state index contributed by atoms with van der Waals surface area (Å²) in [5.41, 5.74) is 0.725. The van der Waals surface area contributed by atoms with Crippen LogP contribution in [0.25, 0.3) is 0 Å². The molecule has 1 aliphatic heterocycles. The van der Waals surface area contributed by atoms with E-state index in [1.807, 2.05) is 6.92 Å². The molecule has 0 atom stereocenters. The number of rotatable bonds is 4. The Morgan fingerprint density at radius 1 is 1.00 bits per heavy atom. The van der Waals surface area contributed by atoms with Crippen molar-refractivity contribution in [1.29, 1.82) is 0 Å². The van der Waals surface area contributed by atoms with Gasteiger partial charge in [0.2, 0.25) is 10.0 Å². The van der Waals surface area contributed by atoms with Crippen molar-refractivity contribution < 1.29 is 18.1 Å². The highest BCUT2D eigenvalue weighted by molar-refractivity contribution is 7.89. The summed E-state index contributed by atoms with van der Waals surface area (Å²) in [7, 11) is -3.63. The van der Waals surface area contributed by atoms with Crippen molar-refractivity contribution in [2.45, 2.75) is 11.8 Å². The van der Waals surface area contributed by atoms with E-state index in [0.717, 1.165) is 5.56 Å². The largest absolute Gasteiger partial charge is 0.336 e. The monoisotopic (exact) mass is 389 g/mol. The second-order valence-electron chi connectivity index (χ2n) is 6.28. The standard InChI is InChI=1S/C18H19N3O5S/c1-14-6-8-15(9-7-14)27(25,26)20-12-10-19(11-13-20)18(22)16-4-2-3-5-17(16)21(23)24/h2-9H,10-13H2,1H3. The molecule has 3 rings (SSSR count). The Morgan fingerprint density at radius 3 is 2.19 bits per heavy atom. The van der Waals surface area contributed by atoms with Crippen LogP contribution in [0.15, 0.2) is 53.4 Å². The Labute approximate surface area is 157 Å². The SMILES string of the molecule is Cc1ccc(S(=O)(=O)N2CCN(C(=O)c3ccccc3[N+](=O)[O-])CC2)cc1. The van der Waals surface area contributed by atoms with Gasteiger partial charge in [-0.25, -0.2) is 8.42 Å². The van der Waals surface area contributed by atoms with E-state index in [1.165, 1.54) is 27.4 Å². The van der Waals surface area contributed by atoms with Gasteiger partial charge in [0.1, 0.15) is 5.56 Å². The summed E-state index contributed by atoms with van der Waals surface area (Å²) in [6, 6.07) is 12.4. The molecular weight excluding hydrogens is 370 g/mol. The molecule has 0 saturated carbocycles. The molecule has 2 aromatic carbocycles. The molecule has 8 nitrogen and oxygen atoms in total. The van der Waals surface area contributed by atoms with E-state index in [-0.39, 0.29) is 42.3 Å². The number of hydrogen-bond donors (Lipinski definition) is 0. The molecule has 9 heteroatoms. The highest BCUT2D eigenvalue weighted by Crippen LogP contribution is 2.22. The van der Waals surface area contributed by atoms with Gasteiger partial charge in [-0.2, -0.15) is 4.31 Å². The fraction of sp³-hybridized carbons (Fsp3) is 0.278. The molecule has 0 N–H and O–H groups in total. The van der Waals surface area contributed by atoms with Crippen LogP contribution in [0, 0.1) is 17.0 Å². The first-order valence-electron chi connectivity index (χ1n) is 8.40. The minimum Gasteiger partial charge on any atom is -0.336 e. The fourth-order valence-electron chi connectivity index (χ4n) is 2.97. The smallest absolute Gasteiger partial charge is 0.282 e. The molecule has 0 aromatic heterocycles. The Balaban J connectivity index is 1.73. The molecule has 1 aliphatic rings. The molecule has 2 aromatic rings. The van der Waals surface area contributed by atoms with E-state index >= 15 is 0 Å². The normalized spacial score (nSPS) is 15.5. The number of nitro benzene ring substituents is 1. The van der Waals surface area contributed by atoms with Crippen molar-refractivity contribution in [3.63, 3.8) is 0 Å². The molecule has 0 radical (unpaired) electrons. The van der Waals surface area contributed by atoms with Crippen molar-refractivity contribution in [1.82, 2.24) is 9.21 Å². The van der Waals surface area contributed by atoms with Crippen LogP contribution in [0.2, 0.25) is 0 Å². The van der Waals surface area contributed by atoms with E-state index in [0.29, 0.717) is 0 Å². The number of sulfonamides is 1. The van der Waals surface area contributed by atoms with Crippen LogP contribution >= 0.6 is 0 Å². The lowest BCUT2D eigenvalue weighted by atomic mass is 10.1. The topological polar surface area (TPSA) is 101 Å². The molecular formula is C18H19N3O5S. The molecule has 1 amide bonds. The van der Waals surface area contributed by atoms with Gasteiger partial charge in [0, 0.05) is 32.2 Å². The Bertz CT molecular complexity index is 965. The van der Waals surface area contributed by atoms with Crippen LogP contribution in [-0.4, -0.2) is 54.6 Å². The summed E-state index contributed by atoms with van der Waals surface area (Å²) in [6.07, 6.45) is 0. The van der Waals surface area contributed by atoms with Crippen molar-refractivity contribution >= 4 is 21.6 Å². The molecule has 0 unspecified atom stereocenters. The lowest BCUT2D eigenvalue weighted by Crippen LogP contribution is -2.50. The van der Waals surface area contributed by atoms with Crippen molar-refractivity contribution in [3.8, 4) is 0 Å². The zero-order valence-electron chi connectivity index (χ0n) is 14.7. The van der Waals surface area contributed by atoms with Crippen LogP contribution in [0.3, 0.4) is 0 Å². The van der Waals surface area contributed by atoms with Gasteiger partial charge in [-0.05, 0) is 25.1 Å². The first-order valence-corrected chi connectivity index (χ1v) is 9.84. The molecule has 1 heterocycles.